The van der Waals surface area contributed by atoms with Gasteiger partial charge < -0.3 is 9.47 Å². The van der Waals surface area contributed by atoms with Gasteiger partial charge in [-0.05, 0) is 32.1 Å². The van der Waals surface area contributed by atoms with E-state index in [1.807, 2.05) is 0 Å². The molecule has 0 heterocycles. The molecule has 3 heteroatoms. The normalized spacial score (nSPS) is 11.2. The highest BCUT2D eigenvalue weighted by molar-refractivity contribution is 4.68. The van der Waals surface area contributed by atoms with Crippen molar-refractivity contribution >= 4 is 0 Å². The molecule has 0 N–H and O–H groups in total. The summed E-state index contributed by atoms with van der Waals surface area (Å²) in [5.41, 5.74) is 0. The summed E-state index contributed by atoms with van der Waals surface area (Å²) in [6.45, 7) is 6.15. The van der Waals surface area contributed by atoms with E-state index in [2.05, 4.69) is 19.9 Å². The molecular formula is C24H47NO2. The van der Waals surface area contributed by atoms with Crippen LogP contribution in [0.1, 0.15) is 129 Å². The maximum atomic E-state index is 8.67. The number of unbranched alkanes of at least 4 members (excludes halogenated alkanes) is 14. The molecule has 0 aliphatic heterocycles. The van der Waals surface area contributed by atoms with Gasteiger partial charge in [0, 0.05) is 19.6 Å². The molecule has 0 aromatic rings. The smallest absolute Gasteiger partial charge is 0.157 e. The molecule has 0 aliphatic rings. The van der Waals surface area contributed by atoms with Crippen molar-refractivity contribution in [2.24, 2.45) is 0 Å². The lowest BCUT2D eigenvalue weighted by Crippen LogP contribution is -2.19. The molecule has 0 amide bonds. The summed E-state index contributed by atoms with van der Waals surface area (Å²) in [4.78, 5) is 0. The summed E-state index contributed by atoms with van der Waals surface area (Å²) >= 11 is 0. The predicted molar refractivity (Wildman–Crippen MR) is 116 cm³/mol. The number of nitriles is 1. The molecule has 0 atom stereocenters. The van der Waals surface area contributed by atoms with Gasteiger partial charge in [0.25, 0.3) is 0 Å². The topological polar surface area (TPSA) is 42.2 Å². The Morgan fingerprint density at radius 2 is 1.04 bits per heavy atom. The van der Waals surface area contributed by atoms with Gasteiger partial charge in [-0.2, -0.15) is 5.26 Å². The van der Waals surface area contributed by atoms with Crippen LogP contribution in [0.5, 0.6) is 0 Å². The first-order valence-corrected chi connectivity index (χ1v) is 11.9. The Kier molecular flexibility index (Phi) is 22.9. The fraction of sp³-hybridized carbons (Fsp3) is 0.958. The van der Waals surface area contributed by atoms with Crippen LogP contribution < -0.4 is 0 Å². The van der Waals surface area contributed by atoms with E-state index in [1.165, 1.54) is 77.0 Å². The molecule has 0 aromatic heterocycles. The maximum Gasteiger partial charge on any atom is 0.157 e. The Morgan fingerprint density at radius 1 is 0.593 bits per heavy atom. The van der Waals surface area contributed by atoms with Gasteiger partial charge in [0.15, 0.2) is 6.29 Å². The van der Waals surface area contributed by atoms with Crippen LogP contribution in [0.2, 0.25) is 0 Å². The lowest BCUT2D eigenvalue weighted by molar-refractivity contribution is -0.148. The second-order valence-electron chi connectivity index (χ2n) is 7.82. The summed E-state index contributed by atoms with van der Waals surface area (Å²) in [5.74, 6) is 0. The lowest BCUT2D eigenvalue weighted by atomic mass is 10.1. The van der Waals surface area contributed by atoms with Crippen LogP contribution in [-0.4, -0.2) is 19.5 Å². The number of hydrogen-bond donors (Lipinski definition) is 0. The van der Waals surface area contributed by atoms with E-state index in [1.54, 1.807) is 0 Å². The predicted octanol–water partition coefficient (Wildman–Crippen LogP) is 7.93. The second-order valence-corrected chi connectivity index (χ2v) is 7.82. The number of ether oxygens (including phenoxy) is 2. The molecule has 0 aliphatic carbocycles. The van der Waals surface area contributed by atoms with E-state index in [0.717, 1.165) is 45.3 Å². The van der Waals surface area contributed by atoms with Gasteiger partial charge in [0.05, 0.1) is 6.07 Å². The summed E-state index contributed by atoms with van der Waals surface area (Å²) in [6.07, 6.45) is 21.8. The molecule has 0 bridgehead atoms. The summed E-state index contributed by atoms with van der Waals surface area (Å²) < 4.78 is 12.0. The van der Waals surface area contributed by atoms with Crippen LogP contribution in [-0.2, 0) is 9.47 Å². The van der Waals surface area contributed by atoms with Crippen LogP contribution in [0.3, 0.4) is 0 Å². The molecule has 27 heavy (non-hydrogen) atoms. The van der Waals surface area contributed by atoms with Crippen LogP contribution in [0.25, 0.3) is 0 Å². The first-order valence-electron chi connectivity index (χ1n) is 11.9. The highest BCUT2D eigenvalue weighted by atomic mass is 16.7. The number of nitrogens with zero attached hydrogens (tertiary/aromatic N) is 1. The standard InChI is InChI=1S/C24H47NO2/c1-3-5-7-9-11-13-18-22-26-24(20-16-15-17-21-25)27-23-19-14-12-10-8-6-4-2/h24H,3-20,22-23H2,1-2H3. The highest BCUT2D eigenvalue weighted by Gasteiger charge is 2.09. The van der Waals surface area contributed by atoms with Crippen LogP contribution in [0.15, 0.2) is 0 Å². The molecule has 0 saturated carbocycles. The summed E-state index contributed by atoms with van der Waals surface area (Å²) in [5, 5.41) is 8.67. The number of rotatable bonds is 22. The summed E-state index contributed by atoms with van der Waals surface area (Å²) in [6, 6.07) is 2.22. The van der Waals surface area contributed by atoms with Crippen LogP contribution in [0.4, 0.5) is 0 Å². The average Bonchev–Trinajstić information content (AvgIpc) is 2.68. The van der Waals surface area contributed by atoms with Crippen molar-refractivity contribution in [1.82, 2.24) is 0 Å². The van der Waals surface area contributed by atoms with E-state index >= 15 is 0 Å². The fourth-order valence-electron chi connectivity index (χ4n) is 3.28. The molecule has 0 spiro atoms. The molecule has 3 nitrogen and oxygen atoms in total. The molecule has 0 aromatic carbocycles. The maximum absolute atomic E-state index is 8.67. The second kappa shape index (κ2) is 23.4. The number of hydrogen-bond acceptors (Lipinski definition) is 3. The van der Waals surface area contributed by atoms with Crippen molar-refractivity contribution in [1.29, 1.82) is 5.26 Å². The Labute approximate surface area is 170 Å². The van der Waals surface area contributed by atoms with Gasteiger partial charge in [0.2, 0.25) is 0 Å². The minimum absolute atomic E-state index is 0.0659. The van der Waals surface area contributed by atoms with Crippen molar-refractivity contribution in [3.05, 3.63) is 0 Å². The van der Waals surface area contributed by atoms with Crippen LogP contribution in [0, 0.1) is 11.3 Å². The SMILES string of the molecule is CCCCCCCCCOC(CCCCC#N)OCCCCCCCCC. The minimum atomic E-state index is -0.0659. The molecule has 0 rings (SSSR count). The molecule has 0 fully saturated rings. The first-order chi connectivity index (χ1) is 13.3. The van der Waals surface area contributed by atoms with Crippen molar-refractivity contribution < 1.29 is 9.47 Å². The van der Waals surface area contributed by atoms with E-state index in [-0.39, 0.29) is 6.29 Å². The van der Waals surface area contributed by atoms with Crippen LogP contribution >= 0.6 is 0 Å². The van der Waals surface area contributed by atoms with Crippen molar-refractivity contribution in [2.45, 2.75) is 136 Å². The quantitative estimate of drug-likeness (QED) is 0.141. The monoisotopic (exact) mass is 381 g/mol. The van der Waals surface area contributed by atoms with Gasteiger partial charge in [0.1, 0.15) is 0 Å². The molecule has 0 unspecified atom stereocenters. The summed E-state index contributed by atoms with van der Waals surface area (Å²) in [7, 11) is 0. The zero-order valence-electron chi connectivity index (χ0n) is 18.5. The largest absolute Gasteiger partial charge is 0.353 e. The Hall–Kier alpha value is -0.590. The molecule has 160 valence electrons. The van der Waals surface area contributed by atoms with E-state index in [9.17, 15) is 0 Å². The average molecular weight is 382 g/mol. The van der Waals surface area contributed by atoms with E-state index < -0.39 is 0 Å². The lowest BCUT2D eigenvalue weighted by Gasteiger charge is -2.18. The Bertz CT molecular complexity index is 294. The zero-order chi connectivity index (χ0) is 19.8. The van der Waals surface area contributed by atoms with Crippen molar-refractivity contribution in [2.75, 3.05) is 13.2 Å². The fourth-order valence-corrected chi connectivity index (χ4v) is 3.28. The van der Waals surface area contributed by atoms with E-state index in [0.29, 0.717) is 6.42 Å². The Balaban J connectivity index is 3.72. The van der Waals surface area contributed by atoms with Crippen molar-refractivity contribution in [3.8, 4) is 6.07 Å². The molecule has 0 radical (unpaired) electrons. The minimum Gasteiger partial charge on any atom is -0.353 e. The van der Waals surface area contributed by atoms with Gasteiger partial charge in [-0.3, -0.25) is 0 Å². The van der Waals surface area contributed by atoms with Gasteiger partial charge in [-0.1, -0.05) is 90.9 Å². The highest BCUT2D eigenvalue weighted by Crippen LogP contribution is 2.13. The zero-order valence-corrected chi connectivity index (χ0v) is 18.5. The molecule has 0 saturated heterocycles. The molecular weight excluding hydrogens is 334 g/mol. The van der Waals surface area contributed by atoms with Crippen molar-refractivity contribution in [3.63, 3.8) is 0 Å². The first kappa shape index (κ1) is 26.4. The third-order valence-corrected chi connectivity index (χ3v) is 5.08. The van der Waals surface area contributed by atoms with E-state index in [4.69, 9.17) is 14.7 Å². The van der Waals surface area contributed by atoms with Gasteiger partial charge in [-0.25, -0.2) is 0 Å². The Morgan fingerprint density at radius 3 is 1.48 bits per heavy atom. The third-order valence-electron chi connectivity index (χ3n) is 5.08. The van der Waals surface area contributed by atoms with Gasteiger partial charge in [-0.15, -0.1) is 0 Å². The van der Waals surface area contributed by atoms with Gasteiger partial charge >= 0.3 is 0 Å². The third kappa shape index (κ3) is 21.6.